The van der Waals surface area contributed by atoms with Gasteiger partial charge >= 0.3 is 6.09 Å². The molecule has 0 N–H and O–H groups in total. The van der Waals surface area contributed by atoms with E-state index in [9.17, 15) is 9.18 Å². The number of amides is 1. The molecule has 2 fully saturated rings. The summed E-state index contributed by atoms with van der Waals surface area (Å²) in [6.45, 7) is 10.9. The Morgan fingerprint density at radius 2 is 1.82 bits per heavy atom. The fourth-order valence-corrected chi connectivity index (χ4v) is 4.20. The monoisotopic (exact) mass is 473 g/mol. The number of morpholine rings is 1. The number of fused-ring (bicyclic) bond motifs is 2. The van der Waals surface area contributed by atoms with Crippen LogP contribution in [0.25, 0.3) is 0 Å². The predicted octanol–water partition coefficient (Wildman–Crippen LogP) is 4.82. The highest BCUT2D eigenvalue weighted by atomic mass is 19.1. The molecule has 9 heteroatoms. The lowest BCUT2D eigenvalue weighted by molar-refractivity contribution is -0.0928. The van der Waals surface area contributed by atoms with Crippen LogP contribution in [-0.4, -0.2) is 59.0 Å². The molecule has 34 heavy (non-hydrogen) atoms. The van der Waals surface area contributed by atoms with Crippen molar-refractivity contribution in [1.29, 1.82) is 0 Å². The van der Waals surface area contributed by atoms with E-state index in [1.807, 2.05) is 27.7 Å². The van der Waals surface area contributed by atoms with E-state index in [0.717, 1.165) is 5.56 Å². The van der Waals surface area contributed by atoms with Crippen LogP contribution in [0.15, 0.2) is 24.5 Å². The summed E-state index contributed by atoms with van der Waals surface area (Å²) in [5, 5.41) is 0. The van der Waals surface area contributed by atoms with Crippen LogP contribution in [0.5, 0.6) is 17.5 Å². The van der Waals surface area contributed by atoms with E-state index in [0.29, 0.717) is 44.1 Å². The Bertz CT molecular complexity index is 1030. The van der Waals surface area contributed by atoms with Crippen molar-refractivity contribution in [2.75, 3.05) is 19.8 Å². The Morgan fingerprint density at radius 1 is 1.15 bits per heavy atom. The third-order valence-electron chi connectivity index (χ3n) is 5.88. The fourth-order valence-electron chi connectivity index (χ4n) is 4.20. The van der Waals surface area contributed by atoms with Gasteiger partial charge in [0.2, 0.25) is 11.8 Å². The lowest BCUT2D eigenvalue weighted by atomic mass is 9.92. The summed E-state index contributed by atoms with van der Waals surface area (Å²) in [7, 11) is 0. The van der Waals surface area contributed by atoms with Crippen LogP contribution in [0, 0.1) is 25.1 Å². The molecule has 3 heterocycles. The number of aryl methyl sites for hydroxylation is 1. The highest BCUT2D eigenvalue weighted by molar-refractivity contribution is 5.69. The zero-order valence-corrected chi connectivity index (χ0v) is 20.3. The first-order chi connectivity index (χ1) is 16.1. The van der Waals surface area contributed by atoms with Crippen LogP contribution in [0.4, 0.5) is 9.18 Å². The number of ether oxygens (including phenoxy) is 4. The standard InChI is InChI=1S/C25H32FN3O5/c1-15-6-7-21(20(26)8-15)34-23-16(2)22(27-14-28-23)33-19-9-17-11-31-12-18(10-19)29(17)24(30)32-13-25(3,4)5/h6-8,14,17-19H,9-13H2,1-5H3. The van der Waals surface area contributed by atoms with Gasteiger partial charge in [-0.05, 0) is 37.0 Å². The van der Waals surface area contributed by atoms with E-state index in [2.05, 4.69) is 9.97 Å². The Labute approximate surface area is 199 Å². The summed E-state index contributed by atoms with van der Waals surface area (Å²) in [6, 6.07) is 4.48. The van der Waals surface area contributed by atoms with Crippen LogP contribution >= 0.6 is 0 Å². The van der Waals surface area contributed by atoms with Gasteiger partial charge in [0.05, 0.1) is 37.5 Å². The quantitative estimate of drug-likeness (QED) is 0.616. The maximum absolute atomic E-state index is 14.2. The zero-order chi connectivity index (χ0) is 24.5. The van der Waals surface area contributed by atoms with Gasteiger partial charge in [0, 0.05) is 12.8 Å². The molecular formula is C25H32FN3O5. The molecule has 2 saturated heterocycles. The van der Waals surface area contributed by atoms with Gasteiger partial charge in [-0.15, -0.1) is 0 Å². The van der Waals surface area contributed by atoms with Gasteiger partial charge in [0.25, 0.3) is 0 Å². The van der Waals surface area contributed by atoms with Crippen molar-refractivity contribution in [3.05, 3.63) is 41.5 Å². The molecule has 2 unspecified atom stereocenters. The fraction of sp³-hybridized carbons (Fsp3) is 0.560. The second kappa shape index (κ2) is 9.74. The number of aromatic nitrogens is 2. The van der Waals surface area contributed by atoms with Crippen LogP contribution in [0.3, 0.4) is 0 Å². The Kier molecular flexibility index (Phi) is 6.93. The van der Waals surface area contributed by atoms with Gasteiger partial charge in [0.15, 0.2) is 11.6 Å². The molecule has 1 aromatic carbocycles. The number of piperidine rings is 1. The third kappa shape index (κ3) is 5.58. The van der Waals surface area contributed by atoms with Gasteiger partial charge in [-0.2, -0.15) is 0 Å². The Morgan fingerprint density at radius 3 is 2.47 bits per heavy atom. The van der Waals surface area contributed by atoms with E-state index < -0.39 is 5.82 Å². The molecule has 2 aliphatic rings. The van der Waals surface area contributed by atoms with Crippen molar-refractivity contribution >= 4 is 6.09 Å². The number of hydrogen-bond donors (Lipinski definition) is 0. The van der Waals surface area contributed by atoms with Crippen LogP contribution in [-0.2, 0) is 9.47 Å². The molecular weight excluding hydrogens is 441 g/mol. The summed E-state index contributed by atoms with van der Waals surface area (Å²) in [5.41, 5.74) is 1.28. The topological polar surface area (TPSA) is 83.0 Å². The maximum Gasteiger partial charge on any atom is 0.410 e. The minimum atomic E-state index is -0.459. The molecule has 0 saturated carbocycles. The number of halogens is 1. The summed E-state index contributed by atoms with van der Waals surface area (Å²) in [4.78, 5) is 23.0. The van der Waals surface area contributed by atoms with Crippen molar-refractivity contribution in [2.24, 2.45) is 5.41 Å². The minimum absolute atomic E-state index is 0.0899. The summed E-state index contributed by atoms with van der Waals surface area (Å²) in [6.07, 6.45) is 2.05. The first-order valence-electron chi connectivity index (χ1n) is 11.6. The summed E-state index contributed by atoms with van der Waals surface area (Å²) < 4.78 is 37.5. The lowest BCUT2D eigenvalue weighted by Crippen LogP contribution is -2.61. The molecule has 2 aromatic rings. The van der Waals surface area contributed by atoms with Gasteiger partial charge in [0.1, 0.15) is 12.4 Å². The van der Waals surface area contributed by atoms with E-state index in [4.69, 9.17) is 18.9 Å². The van der Waals surface area contributed by atoms with E-state index in [-0.39, 0.29) is 41.3 Å². The number of benzene rings is 1. The first kappa shape index (κ1) is 24.2. The van der Waals surface area contributed by atoms with Crippen molar-refractivity contribution < 1.29 is 28.1 Å². The SMILES string of the molecule is Cc1ccc(Oc2ncnc(OC3CC4COCC(C3)N4C(=O)OCC(C)(C)C)c2C)c(F)c1. The number of carbonyl (C=O) groups is 1. The highest BCUT2D eigenvalue weighted by Gasteiger charge is 2.43. The second-order valence-electron chi connectivity index (χ2n) is 10.2. The molecule has 2 aliphatic heterocycles. The largest absolute Gasteiger partial charge is 0.474 e. The van der Waals surface area contributed by atoms with Crippen LogP contribution in [0.1, 0.15) is 44.7 Å². The van der Waals surface area contributed by atoms with Crippen LogP contribution < -0.4 is 9.47 Å². The molecule has 4 rings (SSSR count). The molecule has 184 valence electrons. The molecule has 0 radical (unpaired) electrons. The molecule has 1 aromatic heterocycles. The number of hydrogen-bond acceptors (Lipinski definition) is 7. The van der Waals surface area contributed by atoms with E-state index >= 15 is 0 Å². The number of carbonyl (C=O) groups excluding carboxylic acids is 1. The molecule has 1 amide bonds. The zero-order valence-electron chi connectivity index (χ0n) is 20.3. The maximum atomic E-state index is 14.2. The van der Waals surface area contributed by atoms with Crippen LogP contribution in [0.2, 0.25) is 0 Å². The average molecular weight is 474 g/mol. The van der Waals surface area contributed by atoms with Gasteiger partial charge in [-0.3, -0.25) is 4.90 Å². The molecule has 2 bridgehead atoms. The third-order valence-corrected chi connectivity index (χ3v) is 5.88. The summed E-state index contributed by atoms with van der Waals surface area (Å²) >= 11 is 0. The van der Waals surface area contributed by atoms with E-state index in [1.54, 1.807) is 24.0 Å². The molecule has 0 aliphatic carbocycles. The van der Waals surface area contributed by atoms with Crippen molar-refractivity contribution in [3.8, 4) is 17.5 Å². The molecule has 2 atom stereocenters. The normalized spacial score (nSPS) is 22.3. The van der Waals surface area contributed by atoms with Gasteiger partial charge in [-0.25, -0.2) is 19.2 Å². The lowest BCUT2D eigenvalue weighted by Gasteiger charge is -2.47. The van der Waals surface area contributed by atoms with Crippen molar-refractivity contribution in [1.82, 2.24) is 14.9 Å². The summed E-state index contributed by atoms with van der Waals surface area (Å²) in [5.74, 6) is 0.246. The first-order valence-corrected chi connectivity index (χ1v) is 11.6. The van der Waals surface area contributed by atoms with Gasteiger partial charge < -0.3 is 18.9 Å². The second-order valence-corrected chi connectivity index (χ2v) is 10.2. The Hall–Kier alpha value is -2.94. The Balaban J connectivity index is 1.44. The average Bonchev–Trinajstić information content (AvgIpc) is 2.75. The molecule has 8 nitrogen and oxygen atoms in total. The predicted molar refractivity (Wildman–Crippen MR) is 123 cm³/mol. The number of rotatable bonds is 5. The van der Waals surface area contributed by atoms with Gasteiger partial charge in [-0.1, -0.05) is 26.8 Å². The molecule has 0 spiro atoms. The smallest absolute Gasteiger partial charge is 0.410 e. The van der Waals surface area contributed by atoms with Crippen molar-refractivity contribution in [2.45, 2.75) is 65.6 Å². The minimum Gasteiger partial charge on any atom is -0.474 e. The van der Waals surface area contributed by atoms with Crippen molar-refractivity contribution in [3.63, 3.8) is 0 Å². The highest BCUT2D eigenvalue weighted by Crippen LogP contribution is 2.34. The van der Waals surface area contributed by atoms with E-state index in [1.165, 1.54) is 12.4 Å². The number of nitrogens with zero attached hydrogens (tertiary/aromatic N) is 3.